The zero-order valence-corrected chi connectivity index (χ0v) is 19.2. The molecule has 3 aliphatic carbocycles. The Kier molecular flexibility index (Phi) is 5.09. The van der Waals surface area contributed by atoms with Crippen molar-refractivity contribution in [3.8, 4) is 0 Å². The number of carbonyl (C=O) groups is 3. The number of piperidine rings is 1. The third-order valence-electron chi connectivity index (χ3n) is 8.70. The van der Waals surface area contributed by atoms with Gasteiger partial charge in [-0.3, -0.25) is 19.8 Å². The highest BCUT2D eigenvalue weighted by Gasteiger charge is 2.82. The highest BCUT2D eigenvalue weighted by Crippen LogP contribution is 2.72. The molecule has 2 unspecified atom stereocenters. The number of benzene rings is 1. The lowest BCUT2D eigenvalue weighted by atomic mass is 9.35. The van der Waals surface area contributed by atoms with E-state index in [1.54, 1.807) is 0 Å². The van der Waals surface area contributed by atoms with E-state index in [2.05, 4.69) is 10.2 Å². The van der Waals surface area contributed by atoms with Gasteiger partial charge in [-0.2, -0.15) is 0 Å². The fraction of sp³-hybridized carbons (Fsp3) is 0.625. The standard InChI is InChI=1S/C24H28F2N4O5/c25-16-7-14(8-17(26)19(16)15-1-2-18(31)28-21(15)32)29-9-13(10-29)20-23(30-3-5-34-6-4-30)11-24(20,12-23)35-22(27)33/h7-8,13,15,20H,1-6,9-12H2,(H2,27,33)(H,28,31,32). The lowest BCUT2D eigenvalue weighted by Gasteiger charge is -2.80. The first-order chi connectivity index (χ1) is 16.7. The molecular formula is C24H28F2N4O5. The van der Waals surface area contributed by atoms with Gasteiger partial charge in [0.25, 0.3) is 0 Å². The van der Waals surface area contributed by atoms with Crippen LogP contribution in [0.3, 0.4) is 0 Å². The molecule has 6 fully saturated rings. The minimum Gasteiger partial charge on any atom is -0.443 e. The van der Waals surface area contributed by atoms with Gasteiger partial charge < -0.3 is 20.1 Å². The van der Waals surface area contributed by atoms with Gasteiger partial charge in [-0.25, -0.2) is 13.6 Å². The van der Waals surface area contributed by atoms with E-state index < -0.39 is 41.1 Å². The van der Waals surface area contributed by atoms with Crippen LogP contribution in [0.1, 0.15) is 37.2 Å². The summed E-state index contributed by atoms with van der Waals surface area (Å²) in [7, 11) is 0. The predicted octanol–water partition coefficient (Wildman–Crippen LogP) is 1.25. The molecular weight excluding hydrogens is 462 g/mol. The van der Waals surface area contributed by atoms with Crippen LogP contribution in [0, 0.1) is 23.5 Å². The molecule has 6 aliphatic rings. The van der Waals surface area contributed by atoms with Crippen LogP contribution in [-0.4, -0.2) is 73.3 Å². The number of nitrogens with two attached hydrogens (primary N) is 1. The van der Waals surface area contributed by atoms with Crippen molar-refractivity contribution in [2.45, 2.75) is 42.7 Å². The maximum Gasteiger partial charge on any atom is 0.405 e. The number of morpholine rings is 1. The Morgan fingerprint density at radius 2 is 1.80 bits per heavy atom. The molecule has 9 nitrogen and oxygen atoms in total. The van der Waals surface area contributed by atoms with Gasteiger partial charge in [-0.15, -0.1) is 0 Å². The van der Waals surface area contributed by atoms with E-state index in [1.165, 1.54) is 12.1 Å². The van der Waals surface area contributed by atoms with Crippen molar-refractivity contribution >= 4 is 23.6 Å². The van der Waals surface area contributed by atoms with E-state index in [4.69, 9.17) is 15.2 Å². The molecule has 0 spiro atoms. The average Bonchev–Trinajstić information content (AvgIpc) is 2.74. The van der Waals surface area contributed by atoms with E-state index in [0.717, 1.165) is 25.9 Å². The Bertz CT molecular complexity index is 1070. The summed E-state index contributed by atoms with van der Waals surface area (Å²) in [6.45, 7) is 4.17. The van der Waals surface area contributed by atoms with E-state index >= 15 is 0 Å². The van der Waals surface area contributed by atoms with Crippen LogP contribution in [-0.2, 0) is 19.1 Å². The Morgan fingerprint density at radius 1 is 1.14 bits per heavy atom. The fourth-order valence-electron chi connectivity index (χ4n) is 7.27. The van der Waals surface area contributed by atoms with Crippen LogP contribution in [0.4, 0.5) is 19.3 Å². The number of amides is 3. The van der Waals surface area contributed by atoms with Crippen molar-refractivity contribution in [3.63, 3.8) is 0 Å². The van der Waals surface area contributed by atoms with Gasteiger partial charge in [0.05, 0.1) is 19.1 Å². The Labute approximate surface area is 200 Å². The number of anilines is 1. The third kappa shape index (κ3) is 3.35. The second-order valence-electron chi connectivity index (χ2n) is 10.5. The average molecular weight is 491 g/mol. The smallest absolute Gasteiger partial charge is 0.405 e. The summed E-state index contributed by atoms with van der Waals surface area (Å²) in [4.78, 5) is 39.4. The van der Waals surface area contributed by atoms with Crippen molar-refractivity contribution in [2.24, 2.45) is 17.6 Å². The second-order valence-corrected chi connectivity index (χ2v) is 10.5. The molecule has 0 radical (unpaired) electrons. The third-order valence-corrected chi connectivity index (χ3v) is 8.70. The number of hydrogen-bond acceptors (Lipinski definition) is 7. The predicted molar refractivity (Wildman–Crippen MR) is 118 cm³/mol. The SMILES string of the molecule is NC(=O)OC12CC(N3CCOCC3)(C1)C2C1CN(c2cc(F)c(C3CCC(=O)NC3=O)c(F)c2)C1. The number of halogens is 2. The summed E-state index contributed by atoms with van der Waals surface area (Å²) in [6, 6.07) is 2.51. The van der Waals surface area contributed by atoms with Crippen LogP contribution in [0.15, 0.2) is 12.1 Å². The molecule has 11 heteroatoms. The van der Waals surface area contributed by atoms with Gasteiger partial charge >= 0.3 is 6.09 Å². The molecule has 188 valence electrons. The van der Waals surface area contributed by atoms with Crippen molar-refractivity contribution in [2.75, 3.05) is 44.3 Å². The number of carbonyl (C=O) groups excluding carboxylic acids is 3. The topological polar surface area (TPSA) is 114 Å². The van der Waals surface area contributed by atoms with Gasteiger partial charge in [-0.05, 0) is 18.6 Å². The molecule has 2 atom stereocenters. The van der Waals surface area contributed by atoms with Crippen LogP contribution < -0.4 is 16.0 Å². The molecule has 1 aromatic rings. The van der Waals surface area contributed by atoms with Crippen molar-refractivity contribution < 1.29 is 32.6 Å². The molecule has 3 saturated carbocycles. The molecule has 2 bridgehead atoms. The largest absolute Gasteiger partial charge is 0.443 e. The number of ether oxygens (including phenoxy) is 2. The first-order valence-corrected chi connectivity index (χ1v) is 12.1. The highest BCUT2D eigenvalue weighted by atomic mass is 19.1. The molecule has 3 N–H and O–H groups in total. The molecule has 0 aromatic heterocycles. The molecule has 35 heavy (non-hydrogen) atoms. The molecule has 1 aromatic carbocycles. The lowest BCUT2D eigenvalue weighted by molar-refractivity contribution is -0.340. The Hall–Kier alpha value is -2.79. The zero-order chi connectivity index (χ0) is 24.5. The number of imide groups is 1. The molecule has 7 rings (SSSR count). The van der Waals surface area contributed by atoms with E-state index in [-0.39, 0.29) is 35.8 Å². The zero-order valence-electron chi connectivity index (χ0n) is 19.2. The van der Waals surface area contributed by atoms with E-state index in [1.807, 2.05) is 4.90 Å². The van der Waals surface area contributed by atoms with Crippen LogP contribution in [0.25, 0.3) is 0 Å². The van der Waals surface area contributed by atoms with Gasteiger partial charge in [0.2, 0.25) is 11.8 Å². The Morgan fingerprint density at radius 3 is 2.40 bits per heavy atom. The fourth-order valence-corrected chi connectivity index (χ4v) is 7.27. The van der Waals surface area contributed by atoms with Gasteiger partial charge in [0.1, 0.15) is 17.2 Å². The van der Waals surface area contributed by atoms with Crippen molar-refractivity contribution in [1.29, 1.82) is 0 Å². The number of nitrogens with zero attached hydrogens (tertiary/aromatic N) is 2. The van der Waals surface area contributed by atoms with Crippen LogP contribution in [0.5, 0.6) is 0 Å². The van der Waals surface area contributed by atoms with E-state index in [9.17, 15) is 23.2 Å². The number of hydrogen-bond donors (Lipinski definition) is 2. The minimum atomic E-state index is -1.02. The summed E-state index contributed by atoms with van der Waals surface area (Å²) in [6.07, 6.45) is 0.875. The molecule has 3 aliphatic heterocycles. The summed E-state index contributed by atoms with van der Waals surface area (Å²) >= 11 is 0. The first kappa shape index (κ1) is 22.7. The van der Waals surface area contributed by atoms with Crippen LogP contribution in [0.2, 0.25) is 0 Å². The highest BCUT2D eigenvalue weighted by molar-refractivity contribution is 6.01. The quantitative estimate of drug-likeness (QED) is 0.597. The van der Waals surface area contributed by atoms with Gasteiger partial charge in [0, 0.05) is 74.1 Å². The summed E-state index contributed by atoms with van der Waals surface area (Å²) in [5.41, 5.74) is 4.89. The summed E-state index contributed by atoms with van der Waals surface area (Å²) in [5.74, 6) is -3.39. The van der Waals surface area contributed by atoms with Crippen molar-refractivity contribution in [3.05, 3.63) is 29.3 Å². The number of nitrogens with one attached hydrogen (secondary N) is 1. The molecule has 3 saturated heterocycles. The Balaban J connectivity index is 1.17. The monoisotopic (exact) mass is 490 g/mol. The molecule has 3 amide bonds. The molecule has 3 heterocycles. The number of rotatable bonds is 5. The minimum absolute atomic E-state index is 0.0396. The number of primary amides is 1. The van der Waals surface area contributed by atoms with Gasteiger partial charge in [-0.1, -0.05) is 0 Å². The van der Waals surface area contributed by atoms with Crippen LogP contribution >= 0.6 is 0 Å². The normalized spacial score (nSPS) is 35.0. The first-order valence-electron chi connectivity index (χ1n) is 12.1. The second kappa shape index (κ2) is 7.86. The van der Waals surface area contributed by atoms with E-state index in [0.29, 0.717) is 32.0 Å². The van der Waals surface area contributed by atoms with Crippen molar-refractivity contribution in [1.82, 2.24) is 10.2 Å². The summed E-state index contributed by atoms with van der Waals surface area (Å²) in [5, 5.41) is 2.15. The van der Waals surface area contributed by atoms with Gasteiger partial charge in [0.15, 0.2) is 0 Å². The maximum atomic E-state index is 15.0. The maximum absolute atomic E-state index is 15.0. The summed E-state index contributed by atoms with van der Waals surface area (Å²) < 4.78 is 41.0. The lowest BCUT2D eigenvalue weighted by Crippen LogP contribution is -2.90.